The third-order valence-corrected chi connectivity index (χ3v) is 5.33. The summed E-state index contributed by atoms with van der Waals surface area (Å²) in [6.07, 6.45) is 3.31. The minimum atomic E-state index is -0.0562. The van der Waals surface area contributed by atoms with Gasteiger partial charge in [-0.1, -0.05) is 13.8 Å². The van der Waals surface area contributed by atoms with Crippen molar-refractivity contribution >= 4 is 43.3 Å². The fourth-order valence-corrected chi connectivity index (χ4v) is 4.16. The second-order valence-corrected chi connectivity index (χ2v) is 7.35. The highest BCUT2D eigenvalue weighted by Crippen LogP contribution is 2.28. The molecule has 0 spiro atoms. The van der Waals surface area contributed by atoms with Crippen LogP contribution in [0.5, 0.6) is 0 Å². The highest BCUT2D eigenvalue weighted by molar-refractivity contribution is 7.25. The lowest BCUT2D eigenvalue weighted by molar-refractivity contribution is 0.729. The molecule has 4 heterocycles. The van der Waals surface area contributed by atoms with E-state index in [4.69, 9.17) is 0 Å². The van der Waals surface area contributed by atoms with Gasteiger partial charge in [0.05, 0.1) is 18.4 Å². The average Bonchev–Trinajstić information content (AvgIpc) is 3.15. The van der Waals surface area contributed by atoms with Crippen molar-refractivity contribution in [3.05, 3.63) is 45.8 Å². The fraction of sp³-hybridized carbons (Fsp3) is 0.267. The zero-order chi connectivity index (χ0) is 16.0. The lowest BCUT2D eigenvalue weighted by atomic mass is 10.2. The predicted octanol–water partition coefficient (Wildman–Crippen LogP) is 3.03. The van der Waals surface area contributed by atoms with Crippen molar-refractivity contribution in [1.29, 1.82) is 0 Å². The van der Waals surface area contributed by atoms with Crippen LogP contribution < -0.4 is 5.56 Å². The first-order chi connectivity index (χ1) is 11.1. The van der Waals surface area contributed by atoms with Gasteiger partial charge >= 0.3 is 0 Å². The van der Waals surface area contributed by atoms with Crippen LogP contribution in [0, 0.1) is 0 Å². The van der Waals surface area contributed by atoms with E-state index in [0.29, 0.717) is 11.2 Å². The van der Waals surface area contributed by atoms with Crippen LogP contribution in [0.25, 0.3) is 20.4 Å². The normalized spacial score (nSPS) is 11.8. The summed E-state index contributed by atoms with van der Waals surface area (Å²) in [5.41, 5.74) is 0.666. The van der Waals surface area contributed by atoms with Crippen LogP contribution in [0.1, 0.15) is 30.6 Å². The molecule has 0 radical (unpaired) electrons. The van der Waals surface area contributed by atoms with Crippen molar-refractivity contribution < 1.29 is 0 Å². The fourth-order valence-electron chi connectivity index (χ4n) is 2.33. The van der Waals surface area contributed by atoms with Crippen LogP contribution in [0.3, 0.4) is 0 Å². The Kier molecular flexibility index (Phi) is 3.42. The van der Waals surface area contributed by atoms with E-state index in [1.54, 1.807) is 17.1 Å². The molecule has 6 nitrogen and oxygen atoms in total. The van der Waals surface area contributed by atoms with Gasteiger partial charge in [-0.2, -0.15) is 4.37 Å². The molecule has 0 fully saturated rings. The molecule has 0 amide bonds. The molecule has 0 bridgehead atoms. The molecule has 0 aliphatic rings. The van der Waals surface area contributed by atoms with E-state index >= 15 is 0 Å². The Bertz CT molecular complexity index is 1060. The Labute approximate surface area is 139 Å². The topological polar surface area (TPSA) is 73.6 Å². The molecule has 4 aromatic heterocycles. The first kappa shape index (κ1) is 14.4. The third-order valence-electron chi connectivity index (χ3n) is 3.53. The molecule has 23 heavy (non-hydrogen) atoms. The number of hydrogen-bond acceptors (Lipinski definition) is 7. The first-order valence-corrected chi connectivity index (χ1v) is 8.77. The summed E-state index contributed by atoms with van der Waals surface area (Å²) in [7, 11) is 0. The Balaban J connectivity index is 1.79. The molecule has 0 unspecified atom stereocenters. The van der Waals surface area contributed by atoms with Crippen LogP contribution in [-0.2, 0) is 6.54 Å². The summed E-state index contributed by atoms with van der Waals surface area (Å²) in [6.45, 7) is 4.50. The number of thiophene rings is 1. The van der Waals surface area contributed by atoms with Crippen molar-refractivity contribution in [2.75, 3.05) is 0 Å². The summed E-state index contributed by atoms with van der Waals surface area (Å²) in [4.78, 5) is 26.8. The van der Waals surface area contributed by atoms with Gasteiger partial charge in [0.1, 0.15) is 20.4 Å². The van der Waals surface area contributed by atoms with Crippen molar-refractivity contribution in [1.82, 2.24) is 23.9 Å². The largest absolute Gasteiger partial charge is 0.291 e. The van der Waals surface area contributed by atoms with Crippen molar-refractivity contribution in [3.63, 3.8) is 0 Å². The molecule has 0 atom stereocenters. The predicted molar refractivity (Wildman–Crippen MR) is 92.3 cm³/mol. The second kappa shape index (κ2) is 5.47. The quantitative estimate of drug-likeness (QED) is 0.572. The summed E-state index contributed by atoms with van der Waals surface area (Å²) < 4.78 is 6.55. The maximum atomic E-state index is 12.7. The van der Waals surface area contributed by atoms with Crippen LogP contribution in [0.2, 0.25) is 0 Å². The lowest BCUT2D eigenvalue weighted by Crippen LogP contribution is -2.20. The number of pyridine rings is 1. The van der Waals surface area contributed by atoms with E-state index in [2.05, 4.69) is 33.2 Å². The number of hydrogen-bond donors (Lipinski definition) is 0. The van der Waals surface area contributed by atoms with Gasteiger partial charge in [-0.25, -0.2) is 15.0 Å². The molecule has 0 aliphatic heterocycles. The molecular weight excluding hydrogens is 330 g/mol. The SMILES string of the molecule is CC(C)c1nsc(Cn2cnc3c(sc4ncccc43)c2=O)n1. The third kappa shape index (κ3) is 2.43. The number of nitrogens with zero attached hydrogens (tertiary/aromatic N) is 5. The minimum absolute atomic E-state index is 0.0562. The molecule has 4 rings (SSSR count). The molecule has 8 heteroatoms. The molecule has 0 aromatic carbocycles. The van der Waals surface area contributed by atoms with Gasteiger partial charge in [0.2, 0.25) is 0 Å². The van der Waals surface area contributed by atoms with E-state index in [1.807, 2.05) is 12.1 Å². The van der Waals surface area contributed by atoms with Gasteiger partial charge in [0.15, 0.2) is 0 Å². The molecule has 0 saturated carbocycles. The molecule has 116 valence electrons. The van der Waals surface area contributed by atoms with E-state index in [-0.39, 0.29) is 11.5 Å². The summed E-state index contributed by atoms with van der Waals surface area (Å²) in [5.74, 6) is 1.10. The minimum Gasteiger partial charge on any atom is -0.291 e. The summed E-state index contributed by atoms with van der Waals surface area (Å²) in [5, 5.41) is 1.74. The monoisotopic (exact) mass is 343 g/mol. The van der Waals surface area contributed by atoms with Crippen molar-refractivity contribution in [2.24, 2.45) is 0 Å². The number of rotatable bonds is 3. The van der Waals surface area contributed by atoms with E-state index < -0.39 is 0 Å². The Morgan fingerprint density at radius 2 is 2.17 bits per heavy atom. The number of aromatic nitrogens is 5. The van der Waals surface area contributed by atoms with Gasteiger partial charge in [0, 0.05) is 17.5 Å². The van der Waals surface area contributed by atoms with Crippen LogP contribution >= 0.6 is 22.9 Å². The van der Waals surface area contributed by atoms with E-state index in [1.165, 1.54) is 22.9 Å². The van der Waals surface area contributed by atoms with Crippen LogP contribution in [0.15, 0.2) is 29.5 Å². The second-order valence-electron chi connectivity index (χ2n) is 5.51. The molecule has 0 N–H and O–H groups in total. The van der Waals surface area contributed by atoms with E-state index in [9.17, 15) is 4.79 Å². The van der Waals surface area contributed by atoms with Gasteiger partial charge < -0.3 is 0 Å². The highest BCUT2D eigenvalue weighted by Gasteiger charge is 2.14. The molecular formula is C15H13N5OS2. The first-order valence-electron chi connectivity index (χ1n) is 7.18. The Morgan fingerprint density at radius 1 is 1.30 bits per heavy atom. The Hall–Kier alpha value is -2.19. The van der Waals surface area contributed by atoms with Gasteiger partial charge in [-0.15, -0.1) is 11.3 Å². The zero-order valence-corrected chi connectivity index (χ0v) is 14.2. The van der Waals surface area contributed by atoms with Gasteiger partial charge in [-0.05, 0) is 23.7 Å². The molecule has 4 aromatic rings. The van der Waals surface area contributed by atoms with Gasteiger partial charge in [0.25, 0.3) is 5.56 Å². The maximum absolute atomic E-state index is 12.7. The molecule has 0 saturated heterocycles. The highest BCUT2D eigenvalue weighted by atomic mass is 32.1. The van der Waals surface area contributed by atoms with Crippen LogP contribution in [0.4, 0.5) is 0 Å². The van der Waals surface area contributed by atoms with E-state index in [0.717, 1.165) is 26.6 Å². The van der Waals surface area contributed by atoms with Crippen molar-refractivity contribution in [3.8, 4) is 0 Å². The van der Waals surface area contributed by atoms with Gasteiger partial charge in [-0.3, -0.25) is 9.36 Å². The number of fused-ring (bicyclic) bond motifs is 3. The average molecular weight is 343 g/mol. The summed E-state index contributed by atoms with van der Waals surface area (Å²) >= 11 is 2.72. The maximum Gasteiger partial charge on any atom is 0.271 e. The standard InChI is InChI=1S/C15H13N5OS2/c1-8(2)13-18-10(23-19-13)6-20-7-17-11-9-4-3-5-16-14(9)22-12(11)15(20)21/h3-5,7-8H,6H2,1-2H3. The molecule has 0 aliphatic carbocycles. The lowest BCUT2D eigenvalue weighted by Gasteiger charge is -2.01. The van der Waals surface area contributed by atoms with Crippen LogP contribution in [-0.4, -0.2) is 23.9 Å². The Morgan fingerprint density at radius 3 is 2.96 bits per heavy atom. The van der Waals surface area contributed by atoms with Crippen molar-refractivity contribution in [2.45, 2.75) is 26.3 Å². The zero-order valence-electron chi connectivity index (χ0n) is 12.6. The smallest absolute Gasteiger partial charge is 0.271 e. The summed E-state index contributed by atoms with van der Waals surface area (Å²) in [6, 6.07) is 3.80.